The number of rotatable bonds is 8. The number of aliphatic hydroxyl groups excluding tert-OH is 6. The first-order chi connectivity index (χ1) is 22.7. The number of nitrogens with one attached hydrogen (secondary N) is 2. The molecule has 6 rings (SSSR count). The summed E-state index contributed by atoms with van der Waals surface area (Å²) in [7, 11) is 0. The summed E-state index contributed by atoms with van der Waals surface area (Å²) in [4.78, 5) is 26.5. The lowest BCUT2D eigenvalue weighted by Crippen LogP contribution is -2.66. The van der Waals surface area contributed by atoms with E-state index in [1.54, 1.807) is 36.4 Å². The zero-order valence-electron chi connectivity index (χ0n) is 25.0. The van der Waals surface area contributed by atoms with Gasteiger partial charge in [0.2, 0.25) is 0 Å². The predicted molar refractivity (Wildman–Crippen MR) is 174 cm³/mol. The van der Waals surface area contributed by atoms with Gasteiger partial charge < -0.3 is 50.7 Å². The molecule has 2 aliphatic heterocycles. The number of hydrogen-bond acceptors (Lipinski definition) is 11. The van der Waals surface area contributed by atoms with E-state index in [2.05, 4.69) is 10.6 Å². The molecule has 0 saturated carbocycles. The van der Waals surface area contributed by atoms with E-state index in [1.807, 2.05) is 48.5 Å². The van der Waals surface area contributed by atoms with Crippen molar-refractivity contribution in [2.75, 3.05) is 13.2 Å². The van der Waals surface area contributed by atoms with Crippen molar-refractivity contribution >= 4 is 45.1 Å². The van der Waals surface area contributed by atoms with E-state index in [-0.39, 0.29) is 11.1 Å². The first kappa shape index (κ1) is 33.3. The lowest BCUT2D eigenvalue weighted by atomic mass is 9.96. The van der Waals surface area contributed by atoms with Crippen LogP contribution in [0.25, 0.3) is 21.5 Å². The third kappa shape index (κ3) is 6.85. The molecule has 12 nitrogen and oxygen atoms in total. The second-order valence-electron chi connectivity index (χ2n) is 11.7. The van der Waals surface area contributed by atoms with Crippen molar-refractivity contribution in [3.63, 3.8) is 0 Å². The molecule has 0 bridgehead atoms. The van der Waals surface area contributed by atoms with E-state index < -0.39 is 84.6 Å². The van der Waals surface area contributed by atoms with Crippen molar-refractivity contribution in [1.82, 2.24) is 10.6 Å². The minimum Gasteiger partial charge on any atom is -0.394 e. The zero-order valence-corrected chi connectivity index (χ0v) is 25.8. The zero-order chi connectivity index (χ0) is 33.2. The molecular weight excluding hydrogens is 628 g/mol. The quantitative estimate of drug-likeness (QED) is 0.131. The largest absolute Gasteiger partial charge is 0.394 e. The van der Waals surface area contributed by atoms with Gasteiger partial charge in [0.05, 0.1) is 25.3 Å². The number of carbonyl (C=O) groups is 2. The van der Waals surface area contributed by atoms with Crippen molar-refractivity contribution in [3.8, 4) is 0 Å². The smallest absolute Gasteiger partial charge is 0.251 e. The van der Waals surface area contributed by atoms with Crippen LogP contribution < -0.4 is 10.6 Å². The second-order valence-corrected chi connectivity index (χ2v) is 12.9. The van der Waals surface area contributed by atoms with Crippen molar-refractivity contribution in [1.29, 1.82) is 0 Å². The Balaban J connectivity index is 1.18. The van der Waals surface area contributed by atoms with E-state index in [9.17, 15) is 40.2 Å². The number of aliphatic hydroxyl groups is 6. The van der Waals surface area contributed by atoms with Crippen LogP contribution in [0.1, 0.15) is 20.7 Å². The Labute approximate surface area is 273 Å². The van der Waals surface area contributed by atoms with Crippen molar-refractivity contribution in [2.24, 2.45) is 0 Å². The SMILES string of the molecule is O=C(N[C@H]1[C@@H](O)[C@@H](CO)O[C@@H](S[C@@H]2O[C@H](CO)[C@H](O)[C@H](NC(=O)c3ccc4ccccc4c3)[C@H]2O)[C@@H]1O)c1ccc2ccccc2c1. The first-order valence-corrected chi connectivity index (χ1v) is 16.1. The maximum atomic E-state index is 13.2. The Morgan fingerprint density at radius 1 is 0.574 bits per heavy atom. The Hall–Kier alpha value is -3.63. The molecule has 0 aliphatic carbocycles. The lowest BCUT2D eigenvalue weighted by molar-refractivity contribution is -0.175. The third-order valence-electron chi connectivity index (χ3n) is 8.66. The van der Waals surface area contributed by atoms with Gasteiger partial charge in [-0.1, -0.05) is 72.4 Å². The molecule has 0 spiro atoms. The molecule has 10 atom stereocenters. The molecule has 2 heterocycles. The van der Waals surface area contributed by atoms with Crippen molar-refractivity contribution < 1.29 is 49.7 Å². The van der Waals surface area contributed by atoms with Gasteiger partial charge in [-0.3, -0.25) is 9.59 Å². The van der Waals surface area contributed by atoms with Crippen LogP contribution in [0.4, 0.5) is 0 Å². The highest BCUT2D eigenvalue weighted by molar-refractivity contribution is 8.00. The molecule has 2 fully saturated rings. The molecule has 13 heteroatoms. The molecule has 8 N–H and O–H groups in total. The Bertz CT molecular complexity index is 1620. The summed E-state index contributed by atoms with van der Waals surface area (Å²) in [5, 5.41) is 73.2. The highest BCUT2D eigenvalue weighted by Crippen LogP contribution is 2.37. The fourth-order valence-corrected chi connectivity index (χ4v) is 7.34. The molecule has 2 aliphatic rings. The molecular formula is C34H36N2O10S. The molecule has 2 amide bonds. The fourth-order valence-electron chi connectivity index (χ4n) is 6.00. The van der Waals surface area contributed by atoms with E-state index in [4.69, 9.17) is 9.47 Å². The first-order valence-electron chi connectivity index (χ1n) is 15.2. The maximum absolute atomic E-state index is 13.2. The van der Waals surface area contributed by atoms with E-state index in [0.29, 0.717) is 0 Å². The van der Waals surface area contributed by atoms with Gasteiger partial charge in [0, 0.05) is 11.1 Å². The topological polar surface area (TPSA) is 198 Å². The second kappa shape index (κ2) is 14.2. The van der Waals surface area contributed by atoms with Gasteiger partial charge in [-0.2, -0.15) is 0 Å². The van der Waals surface area contributed by atoms with Crippen LogP contribution in [0.3, 0.4) is 0 Å². The summed E-state index contributed by atoms with van der Waals surface area (Å²) in [5.74, 6) is -1.15. The van der Waals surface area contributed by atoms with Crippen LogP contribution in [-0.4, -0.2) is 115 Å². The number of carbonyl (C=O) groups excluding carboxylic acids is 2. The molecule has 0 aromatic heterocycles. The Kier molecular flexibility index (Phi) is 10.1. The lowest BCUT2D eigenvalue weighted by Gasteiger charge is -2.46. The van der Waals surface area contributed by atoms with Crippen LogP contribution >= 0.6 is 11.8 Å². The van der Waals surface area contributed by atoms with Crippen LogP contribution in [-0.2, 0) is 9.47 Å². The van der Waals surface area contributed by atoms with Crippen LogP contribution in [0.2, 0.25) is 0 Å². The maximum Gasteiger partial charge on any atom is 0.251 e. The molecule has 248 valence electrons. The number of fused-ring (bicyclic) bond motifs is 2. The minimum atomic E-state index is -1.55. The fraction of sp³-hybridized carbons (Fsp3) is 0.353. The average molecular weight is 665 g/mol. The highest BCUT2D eigenvalue weighted by atomic mass is 32.2. The number of hydrogen-bond donors (Lipinski definition) is 8. The van der Waals surface area contributed by atoms with E-state index in [1.165, 1.54) is 0 Å². The van der Waals surface area contributed by atoms with Crippen molar-refractivity contribution in [3.05, 3.63) is 96.1 Å². The molecule has 4 aromatic carbocycles. The Morgan fingerprint density at radius 2 is 0.957 bits per heavy atom. The molecule has 47 heavy (non-hydrogen) atoms. The number of amides is 2. The summed E-state index contributed by atoms with van der Waals surface area (Å²) in [6.45, 7) is -1.30. The third-order valence-corrected chi connectivity index (χ3v) is 9.97. The van der Waals surface area contributed by atoms with Crippen LogP contribution in [0.15, 0.2) is 84.9 Å². The minimum absolute atomic E-state index is 0.287. The monoisotopic (exact) mass is 664 g/mol. The summed E-state index contributed by atoms with van der Waals surface area (Å²) < 4.78 is 11.5. The van der Waals surface area contributed by atoms with Gasteiger partial charge in [0.25, 0.3) is 11.8 Å². The van der Waals surface area contributed by atoms with Gasteiger partial charge in [0.15, 0.2) is 0 Å². The summed E-state index contributed by atoms with van der Waals surface area (Å²) in [5.41, 5.74) is -1.95. The van der Waals surface area contributed by atoms with Crippen LogP contribution in [0, 0.1) is 0 Å². The normalized spacial score (nSPS) is 31.0. The van der Waals surface area contributed by atoms with Gasteiger partial charge in [-0.25, -0.2) is 0 Å². The summed E-state index contributed by atoms with van der Waals surface area (Å²) >= 11 is 0.766. The van der Waals surface area contributed by atoms with E-state index in [0.717, 1.165) is 33.3 Å². The molecule has 0 radical (unpaired) electrons. The van der Waals surface area contributed by atoms with Gasteiger partial charge >= 0.3 is 0 Å². The number of thioether (sulfide) groups is 1. The summed E-state index contributed by atoms with van der Waals surface area (Å²) in [6, 6.07) is 22.5. The standard InChI is InChI=1S/C34H36N2O10S/c37-15-23-27(39)25(35-31(43)21-11-9-17-5-1-3-7-19(17)13-21)29(41)33(45-23)47-34-30(42)26(28(40)24(16-38)46-34)36-32(44)22-12-10-18-6-2-4-8-20(18)14-22/h1-14,23-30,33-34,37-42H,15-16H2,(H,35,43)(H,36,44)/t23-,24-,25+,26+,27+,28+,29-,30-,33+,34+/m1/s1. The van der Waals surface area contributed by atoms with Gasteiger partial charge in [-0.15, -0.1) is 0 Å². The van der Waals surface area contributed by atoms with Crippen molar-refractivity contribution in [2.45, 2.75) is 59.6 Å². The molecule has 0 unspecified atom stereocenters. The molecule has 4 aromatic rings. The van der Waals surface area contributed by atoms with Gasteiger partial charge in [0.1, 0.15) is 47.5 Å². The number of ether oxygens (including phenoxy) is 2. The van der Waals surface area contributed by atoms with E-state index >= 15 is 0 Å². The predicted octanol–water partition coefficient (Wildman–Crippen LogP) is 0.501. The average Bonchev–Trinajstić information content (AvgIpc) is 3.10. The van der Waals surface area contributed by atoms with Crippen LogP contribution in [0.5, 0.6) is 0 Å². The highest BCUT2D eigenvalue weighted by Gasteiger charge is 2.50. The Morgan fingerprint density at radius 3 is 1.34 bits per heavy atom. The summed E-state index contributed by atoms with van der Waals surface area (Å²) in [6.07, 6.45) is -8.53. The number of benzene rings is 4. The molecule has 2 saturated heterocycles. The van der Waals surface area contributed by atoms with Gasteiger partial charge in [-0.05, 0) is 45.8 Å².